The summed E-state index contributed by atoms with van der Waals surface area (Å²) in [6.07, 6.45) is 0.450. The molecule has 0 unspecified atom stereocenters. The minimum Gasteiger partial charge on any atom is -0.375 e. The normalized spacial score (nSPS) is 12.7. The Morgan fingerprint density at radius 1 is 1.37 bits per heavy atom. The van der Waals surface area contributed by atoms with Gasteiger partial charge in [0.15, 0.2) is 5.13 Å². The smallest absolute Gasteiger partial charge is 0.239 e. The van der Waals surface area contributed by atoms with E-state index in [4.69, 9.17) is 22.5 Å². The lowest BCUT2D eigenvalue weighted by atomic mass is 10.1. The monoisotopic (exact) mass is 381 g/mol. The highest BCUT2D eigenvalue weighted by molar-refractivity contribution is 8.93. The predicted molar refractivity (Wildman–Crippen MR) is 81.5 cm³/mol. The lowest BCUT2D eigenvalue weighted by molar-refractivity contribution is 0.597. The van der Waals surface area contributed by atoms with E-state index in [0.29, 0.717) is 17.1 Å². The van der Waals surface area contributed by atoms with Gasteiger partial charge in [0.25, 0.3) is 0 Å². The summed E-state index contributed by atoms with van der Waals surface area (Å²) < 4.78 is 23.2. The number of nitrogens with two attached hydrogens (primary N) is 2. The van der Waals surface area contributed by atoms with Gasteiger partial charge in [-0.05, 0) is 11.6 Å². The topological polar surface area (TPSA) is 99.1 Å². The Bertz CT molecular complexity index is 773. The second kappa shape index (κ2) is 4.71. The second-order valence-electron chi connectivity index (χ2n) is 3.95. The third-order valence-corrected chi connectivity index (χ3v) is 5.15. The lowest BCUT2D eigenvalue weighted by Gasteiger charge is -2.08. The summed E-state index contributed by atoms with van der Waals surface area (Å²) in [4.78, 5) is 5.13. The van der Waals surface area contributed by atoms with E-state index in [9.17, 15) is 8.42 Å². The van der Waals surface area contributed by atoms with E-state index in [1.807, 2.05) is 0 Å². The third-order valence-electron chi connectivity index (χ3n) is 2.80. The van der Waals surface area contributed by atoms with Gasteiger partial charge >= 0.3 is 0 Å². The molecular weight excluding hydrogens is 374 g/mol. The maximum Gasteiger partial charge on any atom is 0.239 e. The SMILES string of the molecule is Br.Nc1nc2c(s1)Cc1c-2ccc(Cl)c1S(N)(=O)=O. The van der Waals surface area contributed by atoms with E-state index >= 15 is 0 Å². The van der Waals surface area contributed by atoms with E-state index in [0.717, 1.165) is 16.1 Å². The first-order chi connectivity index (χ1) is 8.38. The number of primary sulfonamides is 1. The second-order valence-corrected chi connectivity index (χ2v) is 6.97. The molecule has 1 heterocycles. The molecule has 9 heteroatoms. The Hall–Kier alpha value is -0.670. The summed E-state index contributed by atoms with van der Waals surface area (Å²) in [7, 11) is -3.85. The maximum absolute atomic E-state index is 11.6. The predicted octanol–water partition coefficient (Wildman–Crippen LogP) is 2.18. The molecular formula is C10H9BrClN3O2S2. The molecule has 0 amide bonds. The van der Waals surface area contributed by atoms with Gasteiger partial charge in [0.2, 0.25) is 10.0 Å². The first kappa shape index (κ1) is 14.7. The Balaban J connectivity index is 0.00000133. The zero-order valence-electron chi connectivity index (χ0n) is 9.38. The number of hydrogen-bond acceptors (Lipinski definition) is 5. The summed E-state index contributed by atoms with van der Waals surface area (Å²) in [5.74, 6) is 0. The highest BCUT2D eigenvalue weighted by atomic mass is 79.9. The highest BCUT2D eigenvalue weighted by Gasteiger charge is 2.30. The molecule has 0 radical (unpaired) electrons. The number of fused-ring (bicyclic) bond motifs is 3. The summed E-state index contributed by atoms with van der Waals surface area (Å²) in [6.45, 7) is 0. The molecule has 0 fully saturated rings. The molecule has 0 spiro atoms. The molecule has 0 bridgehead atoms. The molecule has 1 aromatic carbocycles. The molecule has 0 saturated heterocycles. The average molecular weight is 383 g/mol. The molecule has 1 aliphatic rings. The summed E-state index contributed by atoms with van der Waals surface area (Å²) in [6, 6.07) is 3.27. The zero-order valence-corrected chi connectivity index (χ0v) is 13.5. The Morgan fingerprint density at radius 3 is 2.68 bits per heavy atom. The van der Waals surface area contributed by atoms with Gasteiger partial charge in [0.05, 0.1) is 10.7 Å². The van der Waals surface area contributed by atoms with Crippen LogP contribution in [0.2, 0.25) is 5.02 Å². The van der Waals surface area contributed by atoms with E-state index in [-0.39, 0.29) is 26.9 Å². The first-order valence-corrected chi connectivity index (χ1v) is 7.71. The van der Waals surface area contributed by atoms with Crippen molar-refractivity contribution >= 4 is 55.1 Å². The van der Waals surface area contributed by atoms with Crippen molar-refractivity contribution in [3.05, 3.63) is 27.6 Å². The molecule has 102 valence electrons. The number of thiazole rings is 1. The van der Waals surface area contributed by atoms with Gasteiger partial charge in [-0.15, -0.1) is 28.3 Å². The van der Waals surface area contributed by atoms with Crippen molar-refractivity contribution in [3.8, 4) is 11.3 Å². The summed E-state index contributed by atoms with van der Waals surface area (Å²) in [5.41, 5.74) is 7.72. The van der Waals surface area contributed by atoms with Gasteiger partial charge in [0, 0.05) is 16.9 Å². The fourth-order valence-electron chi connectivity index (χ4n) is 2.16. The molecule has 1 aromatic heterocycles. The van der Waals surface area contributed by atoms with Crippen LogP contribution in [0.5, 0.6) is 0 Å². The van der Waals surface area contributed by atoms with Crippen LogP contribution in [0.15, 0.2) is 17.0 Å². The number of anilines is 1. The van der Waals surface area contributed by atoms with Crippen molar-refractivity contribution in [3.63, 3.8) is 0 Å². The number of hydrogen-bond donors (Lipinski definition) is 2. The van der Waals surface area contributed by atoms with Gasteiger partial charge in [-0.1, -0.05) is 17.7 Å². The molecule has 4 N–H and O–H groups in total. The van der Waals surface area contributed by atoms with E-state index in [1.165, 1.54) is 17.4 Å². The number of aromatic nitrogens is 1. The Kier molecular flexibility index (Phi) is 3.65. The van der Waals surface area contributed by atoms with Crippen molar-refractivity contribution in [2.75, 3.05) is 5.73 Å². The van der Waals surface area contributed by atoms with Crippen LogP contribution >= 0.6 is 39.9 Å². The van der Waals surface area contributed by atoms with Crippen LogP contribution < -0.4 is 10.9 Å². The van der Waals surface area contributed by atoms with Crippen molar-refractivity contribution in [2.24, 2.45) is 5.14 Å². The molecule has 19 heavy (non-hydrogen) atoms. The molecule has 0 saturated carbocycles. The van der Waals surface area contributed by atoms with E-state index in [2.05, 4.69) is 4.98 Å². The fraction of sp³-hybridized carbons (Fsp3) is 0.100. The van der Waals surface area contributed by atoms with Crippen LogP contribution in [0.1, 0.15) is 10.4 Å². The van der Waals surface area contributed by atoms with E-state index in [1.54, 1.807) is 6.07 Å². The van der Waals surface area contributed by atoms with Crippen molar-refractivity contribution in [1.29, 1.82) is 0 Å². The highest BCUT2D eigenvalue weighted by Crippen LogP contribution is 2.44. The van der Waals surface area contributed by atoms with Crippen LogP contribution in [-0.4, -0.2) is 13.4 Å². The number of nitrogens with zero attached hydrogens (tertiary/aromatic N) is 1. The third kappa shape index (κ3) is 2.27. The van der Waals surface area contributed by atoms with Gasteiger partial charge < -0.3 is 5.73 Å². The van der Waals surface area contributed by atoms with Gasteiger partial charge in [-0.25, -0.2) is 18.5 Å². The zero-order chi connectivity index (χ0) is 13.1. The summed E-state index contributed by atoms with van der Waals surface area (Å²) in [5, 5.41) is 5.82. The summed E-state index contributed by atoms with van der Waals surface area (Å²) >= 11 is 7.28. The number of sulfonamides is 1. The molecule has 5 nitrogen and oxygen atoms in total. The minimum absolute atomic E-state index is 0. The van der Waals surface area contributed by atoms with Crippen LogP contribution in [0.4, 0.5) is 5.13 Å². The van der Waals surface area contributed by atoms with Crippen LogP contribution in [-0.2, 0) is 16.4 Å². The lowest BCUT2D eigenvalue weighted by Crippen LogP contribution is -2.15. The number of rotatable bonds is 1. The number of halogens is 2. The number of nitrogen functional groups attached to an aromatic ring is 1. The molecule has 0 aliphatic heterocycles. The van der Waals surface area contributed by atoms with Crippen LogP contribution in [0, 0.1) is 0 Å². The Morgan fingerprint density at radius 2 is 2.05 bits per heavy atom. The molecule has 0 atom stereocenters. The maximum atomic E-state index is 11.6. The van der Waals surface area contributed by atoms with Gasteiger partial charge in [0.1, 0.15) is 4.90 Å². The quantitative estimate of drug-likeness (QED) is 0.673. The van der Waals surface area contributed by atoms with Gasteiger partial charge in [-0.2, -0.15) is 0 Å². The van der Waals surface area contributed by atoms with Crippen molar-refractivity contribution in [2.45, 2.75) is 11.3 Å². The average Bonchev–Trinajstić information content (AvgIpc) is 2.70. The molecule has 1 aliphatic carbocycles. The standard InChI is InChI=1S/C10H8ClN3O2S2.BrH/c11-6-2-1-4-5(9(6)18(13,15)16)3-7-8(4)14-10(12)17-7;/h1-2H,3H2,(H2,12,14)(H2,13,15,16);1H. The fourth-order valence-corrected chi connectivity index (χ4v) is 4.39. The van der Waals surface area contributed by atoms with Crippen molar-refractivity contribution in [1.82, 2.24) is 4.98 Å². The van der Waals surface area contributed by atoms with Crippen molar-refractivity contribution < 1.29 is 8.42 Å². The Labute approximate surface area is 129 Å². The first-order valence-electron chi connectivity index (χ1n) is 4.97. The van der Waals surface area contributed by atoms with Crippen LogP contribution in [0.25, 0.3) is 11.3 Å². The number of benzene rings is 1. The van der Waals surface area contributed by atoms with Gasteiger partial charge in [-0.3, -0.25) is 0 Å². The van der Waals surface area contributed by atoms with Crippen LogP contribution in [0.3, 0.4) is 0 Å². The largest absolute Gasteiger partial charge is 0.375 e. The minimum atomic E-state index is -3.85. The molecule has 3 rings (SSSR count). The molecule has 2 aromatic rings. The van der Waals surface area contributed by atoms with E-state index < -0.39 is 10.0 Å².